The van der Waals surface area contributed by atoms with E-state index < -0.39 is 10.0 Å². The molecule has 140 valence electrons. The Kier molecular flexibility index (Phi) is 5.79. The lowest BCUT2D eigenvalue weighted by molar-refractivity contribution is 0.103. The molecule has 7 heteroatoms. The maximum Gasteiger partial charge on any atom is 0.265 e. The number of fused-ring (bicyclic) bond motifs is 1. The highest BCUT2D eigenvalue weighted by molar-refractivity contribution is 7.89. The third-order valence-electron chi connectivity index (χ3n) is 4.28. The van der Waals surface area contributed by atoms with Crippen LogP contribution in [-0.2, 0) is 22.9 Å². The molecule has 26 heavy (non-hydrogen) atoms. The molecule has 3 rings (SSSR count). The topological polar surface area (TPSA) is 75.3 Å². The van der Waals surface area contributed by atoms with Gasteiger partial charge in [-0.15, -0.1) is 11.3 Å². The van der Waals surface area contributed by atoms with Crippen molar-refractivity contribution in [3.05, 3.63) is 45.6 Å². The summed E-state index contributed by atoms with van der Waals surface area (Å²) in [5, 5.41) is 2.86. The third kappa shape index (κ3) is 4.52. The number of aryl methyl sites for hydroxylation is 2. The summed E-state index contributed by atoms with van der Waals surface area (Å²) in [6.45, 7) is 3.55. The van der Waals surface area contributed by atoms with Crippen LogP contribution in [0.1, 0.15) is 53.2 Å². The second-order valence-electron chi connectivity index (χ2n) is 6.87. The van der Waals surface area contributed by atoms with E-state index >= 15 is 0 Å². The van der Waals surface area contributed by atoms with Gasteiger partial charge in [-0.05, 0) is 75.4 Å². The minimum Gasteiger partial charge on any atom is -0.321 e. The summed E-state index contributed by atoms with van der Waals surface area (Å²) in [4.78, 5) is 14.7. The normalized spacial score (nSPS) is 14.7. The van der Waals surface area contributed by atoms with Crippen LogP contribution in [-0.4, -0.2) is 20.4 Å². The average molecular weight is 393 g/mol. The molecule has 0 unspecified atom stereocenters. The molecule has 0 radical (unpaired) electrons. The second-order valence-corrected chi connectivity index (χ2v) is 9.72. The first-order valence-electron chi connectivity index (χ1n) is 8.90. The van der Waals surface area contributed by atoms with Gasteiger partial charge in [-0.3, -0.25) is 4.79 Å². The van der Waals surface area contributed by atoms with Crippen molar-refractivity contribution in [3.8, 4) is 0 Å². The van der Waals surface area contributed by atoms with E-state index in [1.54, 1.807) is 37.3 Å². The van der Waals surface area contributed by atoms with Crippen molar-refractivity contribution in [2.75, 3.05) is 5.32 Å². The van der Waals surface area contributed by atoms with Crippen molar-refractivity contribution in [2.24, 2.45) is 0 Å². The summed E-state index contributed by atoms with van der Waals surface area (Å²) in [7, 11) is -3.52. The van der Waals surface area contributed by atoms with E-state index in [9.17, 15) is 13.2 Å². The average Bonchev–Trinajstić information content (AvgIpc) is 2.85. The molecule has 0 saturated carbocycles. The fraction of sp³-hybridized carbons (Fsp3) is 0.421. The lowest BCUT2D eigenvalue weighted by Gasteiger charge is -2.10. The van der Waals surface area contributed by atoms with E-state index in [0.29, 0.717) is 5.69 Å². The fourth-order valence-corrected chi connectivity index (χ4v) is 5.47. The molecule has 5 nitrogen and oxygen atoms in total. The zero-order valence-electron chi connectivity index (χ0n) is 15.0. The zero-order valence-corrected chi connectivity index (χ0v) is 16.7. The molecular formula is C19H24N2O3S2. The van der Waals surface area contributed by atoms with Crippen molar-refractivity contribution in [1.82, 2.24) is 4.72 Å². The molecule has 0 spiro atoms. The van der Waals surface area contributed by atoms with E-state index in [0.717, 1.165) is 17.7 Å². The van der Waals surface area contributed by atoms with E-state index in [4.69, 9.17) is 0 Å². The minimum absolute atomic E-state index is 0.140. The summed E-state index contributed by atoms with van der Waals surface area (Å²) in [5.74, 6) is -0.140. The van der Waals surface area contributed by atoms with E-state index in [1.807, 2.05) is 6.07 Å². The maximum absolute atomic E-state index is 12.5. The predicted molar refractivity (Wildman–Crippen MR) is 105 cm³/mol. The molecule has 1 heterocycles. The summed E-state index contributed by atoms with van der Waals surface area (Å²) in [5.41, 5.74) is 1.89. The molecule has 1 aliphatic rings. The molecule has 0 atom stereocenters. The highest BCUT2D eigenvalue weighted by Crippen LogP contribution is 2.29. The molecule has 0 fully saturated rings. The van der Waals surface area contributed by atoms with Gasteiger partial charge in [0, 0.05) is 16.6 Å². The van der Waals surface area contributed by atoms with Crippen LogP contribution in [0, 0.1) is 0 Å². The van der Waals surface area contributed by atoms with Crippen LogP contribution in [0.5, 0.6) is 0 Å². The first kappa shape index (κ1) is 19.1. The number of carbonyl (C=O) groups is 1. The Bertz CT molecular complexity index is 861. The van der Waals surface area contributed by atoms with Gasteiger partial charge in [0.25, 0.3) is 5.91 Å². The van der Waals surface area contributed by atoms with Gasteiger partial charge in [-0.2, -0.15) is 0 Å². The lowest BCUT2D eigenvalue weighted by Crippen LogP contribution is -2.30. The summed E-state index contributed by atoms with van der Waals surface area (Å²) >= 11 is 1.57. The third-order valence-corrected chi connectivity index (χ3v) is 7.19. The van der Waals surface area contributed by atoms with Crippen LogP contribution < -0.4 is 10.0 Å². The Hall–Kier alpha value is -1.70. The molecule has 1 amide bonds. The summed E-state index contributed by atoms with van der Waals surface area (Å²) in [6.07, 6.45) is 5.74. The van der Waals surface area contributed by atoms with Gasteiger partial charge in [0.2, 0.25) is 10.0 Å². The fourth-order valence-electron chi connectivity index (χ4n) is 3.07. The quantitative estimate of drug-likeness (QED) is 0.757. The number of amides is 1. The number of sulfonamides is 1. The molecular weight excluding hydrogens is 368 g/mol. The molecule has 2 N–H and O–H groups in total. The smallest absolute Gasteiger partial charge is 0.265 e. The highest BCUT2D eigenvalue weighted by Gasteiger charge is 2.18. The van der Waals surface area contributed by atoms with Gasteiger partial charge < -0.3 is 5.32 Å². The van der Waals surface area contributed by atoms with Crippen molar-refractivity contribution in [1.29, 1.82) is 0 Å². The van der Waals surface area contributed by atoms with Crippen LogP contribution in [0.15, 0.2) is 35.2 Å². The number of nitrogens with one attached hydrogen (secondary N) is 2. The standard InChI is InChI=1S/C19H24N2O3S2/c1-13(2)21-26(23,24)16-10-8-15(9-11-16)20-19(22)18-12-14-6-4-3-5-7-17(14)25-18/h8-13,21H,3-7H2,1-2H3,(H,20,22). The van der Waals surface area contributed by atoms with E-state index in [2.05, 4.69) is 10.0 Å². The predicted octanol–water partition coefficient (Wildman–Crippen LogP) is 3.96. The lowest BCUT2D eigenvalue weighted by atomic mass is 10.1. The molecule has 2 aromatic rings. The van der Waals surface area contributed by atoms with Crippen molar-refractivity contribution in [3.63, 3.8) is 0 Å². The van der Waals surface area contributed by atoms with E-state index in [1.165, 1.54) is 41.8 Å². The molecule has 1 aromatic carbocycles. The van der Waals surface area contributed by atoms with Crippen LogP contribution in [0.3, 0.4) is 0 Å². The zero-order chi connectivity index (χ0) is 18.7. The van der Waals surface area contributed by atoms with Gasteiger partial charge in [0.1, 0.15) is 0 Å². The first-order valence-corrected chi connectivity index (χ1v) is 11.2. The summed E-state index contributed by atoms with van der Waals surface area (Å²) in [6, 6.07) is 8.07. The van der Waals surface area contributed by atoms with Crippen LogP contribution in [0.25, 0.3) is 0 Å². The molecule has 1 aromatic heterocycles. The number of benzene rings is 1. The Balaban J connectivity index is 1.70. The SMILES string of the molecule is CC(C)NS(=O)(=O)c1ccc(NC(=O)c2cc3c(s2)CCCCC3)cc1. The van der Waals surface area contributed by atoms with Crippen LogP contribution in [0.4, 0.5) is 5.69 Å². The highest BCUT2D eigenvalue weighted by atomic mass is 32.2. The second kappa shape index (κ2) is 7.90. The number of anilines is 1. The molecule has 1 aliphatic carbocycles. The monoisotopic (exact) mass is 392 g/mol. The maximum atomic E-state index is 12.5. The van der Waals surface area contributed by atoms with E-state index in [-0.39, 0.29) is 16.8 Å². The van der Waals surface area contributed by atoms with Gasteiger partial charge in [0.05, 0.1) is 9.77 Å². The minimum atomic E-state index is -3.52. The number of hydrogen-bond donors (Lipinski definition) is 2. The van der Waals surface area contributed by atoms with Gasteiger partial charge in [-0.25, -0.2) is 13.1 Å². The molecule has 0 saturated heterocycles. The van der Waals surface area contributed by atoms with Gasteiger partial charge in [-0.1, -0.05) is 6.42 Å². The van der Waals surface area contributed by atoms with Crippen LogP contribution in [0.2, 0.25) is 0 Å². The molecule has 0 aliphatic heterocycles. The largest absolute Gasteiger partial charge is 0.321 e. The number of hydrogen-bond acceptors (Lipinski definition) is 4. The Labute approximate surface area is 158 Å². The van der Waals surface area contributed by atoms with Crippen molar-refractivity contribution < 1.29 is 13.2 Å². The Morgan fingerprint density at radius 2 is 1.77 bits per heavy atom. The Morgan fingerprint density at radius 1 is 1.08 bits per heavy atom. The van der Waals surface area contributed by atoms with Crippen LogP contribution >= 0.6 is 11.3 Å². The first-order chi connectivity index (χ1) is 12.3. The molecule has 0 bridgehead atoms. The number of carbonyl (C=O) groups excluding carboxylic acids is 1. The van der Waals surface area contributed by atoms with Crippen molar-refractivity contribution >= 4 is 33.0 Å². The number of rotatable bonds is 5. The number of thiophene rings is 1. The van der Waals surface area contributed by atoms with Crippen molar-refractivity contribution in [2.45, 2.75) is 56.9 Å². The summed E-state index contributed by atoms with van der Waals surface area (Å²) < 4.78 is 26.8. The van der Waals surface area contributed by atoms with Gasteiger partial charge >= 0.3 is 0 Å². The van der Waals surface area contributed by atoms with Gasteiger partial charge in [0.15, 0.2) is 0 Å². The Morgan fingerprint density at radius 3 is 2.46 bits per heavy atom.